The predicted octanol–water partition coefficient (Wildman–Crippen LogP) is 2.08. The van der Waals surface area contributed by atoms with Crippen LogP contribution in [0.15, 0.2) is 12.1 Å². The second kappa shape index (κ2) is 11.9. The van der Waals surface area contributed by atoms with Crippen LogP contribution in [0, 0.1) is 6.92 Å². The Balaban J connectivity index is 2.59. The third-order valence-corrected chi connectivity index (χ3v) is 6.16. The number of phenolic OH excluding ortho intramolecular Hbond substituents is 1. The molecule has 0 bridgehead atoms. The van der Waals surface area contributed by atoms with Gasteiger partial charge in [0, 0.05) is 27.7 Å². The second-order valence-electron chi connectivity index (χ2n) is 7.90. The van der Waals surface area contributed by atoms with E-state index in [1.165, 1.54) is 26.0 Å². The van der Waals surface area contributed by atoms with Crippen LogP contribution in [0.5, 0.6) is 11.5 Å². The van der Waals surface area contributed by atoms with Gasteiger partial charge in [-0.15, -0.1) is 11.8 Å². The van der Waals surface area contributed by atoms with Crippen molar-refractivity contribution < 1.29 is 52.8 Å². The third-order valence-electron chi connectivity index (χ3n) is 4.77. The molecular weight excluding hydrogens is 484 g/mol. The predicted molar refractivity (Wildman–Crippen MR) is 122 cm³/mol. The van der Waals surface area contributed by atoms with Gasteiger partial charge in [-0.1, -0.05) is 0 Å². The number of aryl methyl sites for hydroxylation is 1. The Hall–Kier alpha value is -3.28. The first kappa shape index (κ1) is 28.0. The summed E-state index contributed by atoms with van der Waals surface area (Å²) in [7, 11) is 0. The number of hydrogen-bond donors (Lipinski definition) is 1. The fourth-order valence-electron chi connectivity index (χ4n) is 3.59. The number of Topliss-reactive ketones (excluding diaryl/α,β-unsaturated/α-hetero) is 1. The van der Waals surface area contributed by atoms with Gasteiger partial charge in [-0.25, -0.2) is 0 Å². The van der Waals surface area contributed by atoms with Crippen molar-refractivity contribution in [3.8, 4) is 11.5 Å². The number of hydrogen-bond acceptors (Lipinski definition) is 12. The molecule has 0 unspecified atom stereocenters. The molecule has 0 radical (unpaired) electrons. The molecule has 1 aliphatic heterocycles. The lowest BCUT2D eigenvalue weighted by molar-refractivity contribution is -0.190. The minimum Gasteiger partial charge on any atom is -0.507 e. The quantitative estimate of drug-likeness (QED) is 0.308. The van der Waals surface area contributed by atoms with Gasteiger partial charge >= 0.3 is 23.9 Å². The smallest absolute Gasteiger partial charge is 0.303 e. The van der Waals surface area contributed by atoms with Crippen molar-refractivity contribution in [3.05, 3.63) is 23.3 Å². The van der Waals surface area contributed by atoms with E-state index < -0.39 is 58.7 Å². The number of ketones is 1. The van der Waals surface area contributed by atoms with E-state index in [0.29, 0.717) is 5.56 Å². The molecule has 0 aromatic heterocycles. The number of rotatable bonds is 8. The summed E-state index contributed by atoms with van der Waals surface area (Å²) in [4.78, 5) is 59.4. The zero-order chi connectivity index (χ0) is 26.4. The van der Waals surface area contributed by atoms with E-state index in [9.17, 15) is 29.1 Å². The standard InChI is InChI=1S/C23H28O11S/c1-10-7-16(29)19(11(2)24)17(8-10)34-23-22(33-15(6)28)21(32-14(5)27)20(31-13(4)26)18(35-23)9-30-12(3)25/h7-8,18,20-23,29H,9H2,1-6H3/t18-,20-,21+,22-,23-/m1/s1. The molecule has 1 N–H and O–H groups in total. The van der Waals surface area contributed by atoms with E-state index in [4.69, 9.17) is 23.7 Å². The van der Waals surface area contributed by atoms with Crippen LogP contribution in [-0.2, 0) is 38.1 Å². The van der Waals surface area contributed by atoms with Crippen molar-refractivity contribution >= 4 is 41.4 Å². The highest BCUT2D eigenvalue weighted by Crippen LogP contribution is 2.41. The van der Waals surface area contributed by atoms with E-state index >= 15 is 0 Å². The summed E-state index contributed by atoms with van der Waals surface area (Å²) in [5, 5.41) is 9.51. The van der Waals surface area contributed by atoms with Crippen LogP contribution in [0.25, 0.3) is 0 Å². The minimum atomic E-state index is -1.33. The van der Waals surface area contributed by atoms with Gasteiger partial charge in [0.15, 0.2) is 29.5 Å². The van der Waals surface area contributed by atoms with E-state index in [-0.39, 0.29) is 23.7 Å². The molecule has 1 fully saturated rings. The van der Waals surface area contributed by atoms with Gasteiger partial charge in [0.2, 0.25) is 0 Å². The monoisotopic (exact) mass is 512 g/mol. The Kier molecular flexibility index (Phi) is 9.52. The first-order valence-electron chi connectivity index (χ1n) is 10.6. The Morgan fingerprint density at radius 3 is 1.89 bits per heavy atom. The first-order valence-corrected chi connectivity index (χ1v) is 11.6. The molecule has 1 aliphatic rings. The number of phenols is 1. The van der Waals surface area contributed by atoms with Crippen molar-refractivity contribution in [2.24, 2.45) is 0 Å². The Morgan fingerprint density at radius 1 is 0.829 bits per heavy atom. The number of carbonyl (C=O) groups excluding carboxylic acids is 5. The molecule has 12 heteroatoms. The zero-order valence-corrected chi connectivity index (χ0v) is 21.0. The lowest BCUT2D eigenvalue weighted by Crippen LogP contribution is -2.59. The largest absolute Gasteiger partial charge is 0.507 e. The van der Waals surface area contributed by atoms with Gasteiger partial charge in [0.25, 0.3) is 0 Å². The summed E-state index contributed by atoms with van der Waals surface area (Å²) < 4.78 is 27.4. The minimum absolute atomic E-state index is 0.00315. The normalized spacial score (nSPS) is 23.5. The number of thioether (sulfide) groups is 1. The van der Waals surface area contributed by atoms with Gasteiger partial charge in [0.1, 0.15) is 23.7 Å². The fraction of sp³-hybridized carbons (Fsp3) is 0.522. The number of aromatic hydroxyl groups is 1. The van der Waals surface area contributed by atoms with Gasteiger partial charge in [0.05, 0.1) is 5.25 Å². The number of ether oxygens (including phenoxy) is 5. The second-order valence-corrected chi connectivity index (χ2v) is 9.24. The zero-order valence-electron chi connectivity index (χ0n) is 20.2. The molecule has 35 heavy (non-hydrogen) atoms. The molecule has 0 spiro atoms. The molecule has 1 aromatic carbocycles. The van der Waals surface area contributed by atoms with Crippen LogP contribution in [0.4, 0.5) is 0 Å². The number of carbonyl (C=O) groups is 5. The van der Waals surface area contributed by atoms with Crippen LogP contribution < -0.4 is 4.74 Å². The summed E-state index contributed by atoms with van der Waals surface area (Å²) in [5.74, 6) is -3.57. The van der Waals surface area contributed by atoms with Gasteiger partial charge in [-0.05, 0) is 31.5 Å². The number of benzene rings is 1. The molecule has 0 saturated carbocycles. The van der Waals surface area contributed by atoms with Crippen molar-refractivity contribution in [2.45, 2.75) is 70.5 Å². The first-order chi connectivity index (χ1) is 16.3. The molecular formula is C23H28O11S. The van der Waals surface area contributed by atoms with Crippen LogP contribution in [0.3, 0.4) is 0 Å². The maximum Gasteiger partial charge on any atom is 0.303 e. The highest BCUT2D eigenvalue weighted by Gasteiger charge is 2.53. The molecule has 1 aromatic rings. The van der Waals surface area contributed by atoms with Crippen LogP contribution in [0.1, 0.15) is 50.5 Å². The van der Waals surface area contributed by atoms with Crippen molar-refractivity contribution in [2.75, 3.05) is 6.61 Å². The summed E-state index contributed by atoms with van der Waals surface area (Å²) in [6.07, 6.45) is -3.78. The summed E-state index contributed by atoms with van der Waals surface area (Å²) >= 11 is 0.993. The van der Waals surface area contributed by atoms with Crippen LogP contribution in [0.2, 0.25) is 0 Å². The van der Waals surface area contributed by atoms with Crippen LogP contribution >= 0.6 is 11.8 Å². The molecule has 1 saturated heterocycles. The summed E-state index contributed by atoms with van der Waals surface area (Å²) in [5.41, 5.74) is -0.631. The topological polar surface area (TPSA) is 152 Å². The van der Waals surface area contributed by atoms with Gasteiger partial charge < -0.3 is 28.8 Å². The van der Waals surface area contributed by atoms with E-state index in [1.807, 2.05) is 0 Å². The number of esters is 4. The Labute approximate surface area is 206 Å². The fourth-order valence-corrected chi connectivity index (χ4v) is 4.97. The average Bonchev–Trinajstić information content (AvgIpc) is 2.69. The Bertz CT molecular complexity index is 1010. The Morgan fingerprint density at radius 2 is 1.37 bits per heavy atom. The molecule has 0 amide bonds. The van der Waals surface area contributed by atoms with Gasteiger partial charge in [-0.3, -0.25) is 24.0 Å². The molecule has 192 valence electrons. The maximum atomic E-state index is 12.2. The average molecular weight is 513 g/mol. The molecule has 1 heterocycles. The molecule has 0 aliphatic carbocycles. The van der Waals surface area contributed by atoms with E-state index in [1.54, 1.807) is 6.92 Å². The van der Waals surface area contributed by atoms with E-state index in [2.05, 4.69) is 0 Å². The van der Waals surface area contributed by atoms with Crippen molar-refractivity contribution in [1.82, 2.24) is 0 Å². The van der Waals surface area contributed by atoms with E-state index in [0.717, 1.165) is 32.5 Å². The molecule has 2 rings (SSSR count). The third kappa shape index (κ3) is 7.61. The SMILES string of the molecule is CC(=O)OC[C@H]1S[C@@H](Oc2cc(C)cc(O)c2C(C)=O)[C@H](OC(C)=O)[C@@H](OC(C)=O)[C@@H]1OC(C)=O. The molecule has 5 atom stereocenters. The maximum absolute atomic E-state index is 12.2. The van der Waals surface area contributed by atoms with Crippen LogP contribution in [-0.4, -0.2) is 70.4 Å². The lowest BCUT2D eigenvalue weighted by atomic mass is 10.0. The highest BCUT2D eigenvalue weighted by molar-refractivity contribution is 8.00. The van der Waals surface area contributed by atoms with Gasteiger partial charge in [-0.2, -0.15) is 0 Å². The lowest BCUT2D eigenvalue weighted by Gasteiger charge is -2.43. The summed E-state index contributed by atoms with van der Waals surface area (Å²) in [6.45, 7) is 7.28. The van der Waals surface area contributed by atoms with Crippen molar-refractivity contribution in [1.29, 1.82) is 0 Å². The summed E-state index contributed by atoms with van der Waals surface area (Å²) in [6, 6.07) is 2.91. The van der Waals surface area contributed by atoms with Crippen molar-refractivity contribution in [3.63, 3.8) is 0 Å². The highest BCUT2D eigenvalue weighted by atomic mass is 32.2. The molecule has 11 nitrogen and oxygen atoms in total.